The van der Waals surface area contributed by atoms with Gasteiger partial charge < -0.3 is 0 Å². The Balaban J connectivity index is 2.03. The van der Waals surface area contributed by atoms with E-state index in [9.17, 15) is 19.7 Å². The monoisotopic (exact) mass is 389 g/mol. The predicted molar refractivity (Wildman–Crippen MR) is 108 cm³/mol. The van der Waals surface area contributed by atoms with Crippen molar-refractivity contribution < 1.29 is 14.5 Å². The third-order valence-corrected chi connectivity index (χ3v) is 5.44. The van der Waals surface area contributed by atoms with Crippen LogP contribution in [0.3, 0.4) is 0 Å². The molecule has 1 aromatic rings. The zero-order valence-electron chi connectivity index (χ0n) is 16.9. The van der Waals surface area contributed by atoms with Crippen molar-refractivity contribution in [2.45, 2.75) is 65.2 Å². The van der Waals surface area contributed by atoms with Gasteiger partial charge in [-0.2, -0.15) is 0 Å². The first-order valence-corrected chi connectivity index (χ1v) is 10.3. The van der Waals surface area contributed by atoms with Gasteiger partial charge in [0.1, 0.15) is 0 Å². The summed E-state index contributed by atoms with van der Waals surface area (Å²) in [5.41, 5.74) is 2.97. The third-order valence-electron chi connectivity index (χ3n) is 5.44. The summed E-state index contributed by atoms with van der Waals surface area (Å²) in [6, 6.07) is 5.42. The summed E-state index contributed by atoms with van der Waals surface area (Å²) in [5, 5.41) is 12.2. The molecule has 0 saturated heterocycles. The molecular formula is C21H31N3O4. The molecule has 2 rings (SSSR count). The van der Waals surface area contributed by atoms with Crippen LogP contribution in [0.1, 0.15) is 75.6 Å². The van der Waals surface area contributed by atoms with Crippen LogP contribution in [0, 0.1) is 22.0 Å². The summed E-state index contributed by atoms with van der Waals surface area (Å²) in [4.78, 5) is 35.9. The minimum absolute atomic E-state index is 0.0151. The van der Waals surface area contributed by atoms with Crippen LogP contribution in [0.2, 0.25) is 0 Å². The fraction of sp³-hybridized carbons (Fsp3) is 0.619. The molecule has 0 aromatic heterocycles. The normalized spacial score (nSPS) is 19.1. The number of amides is 2. The van der Waals surface area contributed by atoms with Crippen molar-refractivity contribution in [3.05, 3.63) is 39.9 Å². The quantitative estimate of drug-likeness (QED) is 0.403. The maximum atomic E-state index is 13.0. The summed E-state index contributed by atoms with van der Waals surface area (Å²) in [7, 11) is 0. The van der Waals surface area contributed by atoms with E-state index in [1.54, 1.807) is 0 Å². The Labute approximate surface area is 166 Å². The number of carbonyl (C=O) groups excluding carboxylic acids is 2. The molecule has 1 saturated carbocycles. The maximum absolute atomic E-state index is 13.0. The molecule has 0 radical (unpaired) electrons. The third kappa shape index (κ3) is 6.32. The number of nitro benzene ring substituents is 1. The molecule has 1 fully saturated rings. The molecule has 0 bridgehead atoms. The Bertz CT molecular complexity index is 667. The number of nitrogens with zero attached hydrogens (tertiary/aromatic N) is 2. The number of hydrogen-bond acceptors (Lipinski definition) is 4. The molecule has 154 valence electrons. The van der Waals surface area contributed by atoms with Gasteiger partial charge in [-0.1, -0.05) is 33.1 Å². The van der Waals surface area contributed by atoms with Crippen molar-refractivity contribution in [2.24, 2.45) is 11.8 Å². The number of nitro groups is 1. The van der Waals surface area contributed by atoms with Gasteiger partial charge in [-0.15, -0.1) is 0 Å². The lowest BCUT2D eigenvalue weighted by Gasteiger charge is -2.31. The van der Waals surface area contributed by atoms with Gasteiger partial charge in [-0.3, -0.25) is 30.1 Å². The lowest BCUT2D eigenvalue weighted by atomic mass is 9.82. The number of rotatable bonds is 8. The molecule has 1 N–H and O–H groups in total. The van der Waals surface area contributed by atoms with Gasteiger partial charge in [0.15, 0.2) is 0 Å². The minimum Gasteiger partial charge on any atom is -0.273 e. The summed E-state index contributed by atoms with van der Waals surface area (Å²) >= 11 is 0. The highest BCUT2D eigenvalue weighted by atomic mass is 16.6. The highest BCUT2D eigenvalue weighted by Crippen LogP contribution is 2.29. The number of nitrogens with one attached hydrogen (secondary N) is 1. The van der Waals surface area contributed by atoms with Crippen LogP contribution in [0.5, 0.6) is 0 Å². The van der Waals surface area contributed by atoms with Gasteiger partial charge in [0, 0.05) is 30.2 Å². The Morgan fingerprint density at radius 1 is 1.11 bits per heavy atom. The zero-order chi connectivity index (χ0) is 20.5. The molecule has 28 heavy (non-hydrogen) atoms. The zero-order valence-corrected chi connectivity index (χ0v) is 16.9. The number of non-ortho nitro benzene ring substituents is 1. The van der Waals surface area contributed by atoms with Gasteiger partial charge in [0.05, 0.1) is 4.92 Å². The molecule has 7 nitrogen and oxygen atoms in total. The second kappa shape index (κ2) is 10.8. The van der Waals surface area contributed by atoms with E-state index in [0.29, 0.717) is 18.0 Å². The van der Waals surface area contributed by atoms with Gasteiger partial charge in [-0.25, -0.2) is 0 Å². The highest BCUT2D eigenvalue weighted by Gasteiger charge is 2.29. The van der Waals surface area contributed by atoms with E-state index in [1.807, 2.05) is 0 Å². The molecule has 7 heteroatoms. The van der Waals surface area contributed by atoms with Crippen LogP contribution < -0.4 is 5.43 Å². The Morgan fingerprint density at radius 2 is 1.75 bits per heavy atom. The van der Waals surface area contributed by atoms with Crippen LogP contribution in [-0.4, -0.2) is 28.3 Å². The van der Waals surface area contributed by atoms with Crippen LogP contribution >= 0.6 is 0 Å². The lowest BCUT2D eigenvalue weighted by molar-refractivity contribution is -0.384. The van der Waals surface area contributed by atoms with E-state index in [0.717, 1.165) is 51.4 Å². The average molecular weight is 389 g/mol. The molecule has 1 aromatic carbocycles. The summed E-state index contributed by atoms with van der Waals surface area (Å²) < 4.78 is 0. The van der Waals surface area contributed by atoms with Crippen molar-refractivity contribution in [3.63, 3.8) is 0 Å². The standard InChI is InChI=1S/C21H31N3O4/c1-3-4-5-6-15-23(21(26)18-9-7-16(2)8-10-18)22-20(25)17-11-13-19(14-12-17)24(27)28/h11-14,16,18H,3-10,15H2,1-2H3,(H,22,25). The first-order valence-electron chi connectivity index (χ1n) is 10.3. The fourth-order valence-electron chi connectivity index (χ4n) is 3.57. The van der Waals surface area contributed by atoms with Crippen molar-refractivity contribution in [2.75, 3.05) is 6.54 Å². The van der Waals surface area contributed by atoms with Crippen molar-refractivity contribution in [3.8, 4) is 0 Å². The van der Waals surface area contributed by atoms with Crippen molar-refractivity contribution >= 4 is 17.5 Å². The summed E-state index contributed by atoms with van der Waals surface area (Å²) in [6.07, 6.45) is 7.84. The second-order valence-electron chi connectivity index (χ2n) is 7.75. The predicted octanol–water partition coefficient (Wildman–Crippen LogP) is 4.47. The Hall–Kier alpha value is -2.44. The first kappa shape index (κ1) is 21.9. The molecule has 0 spiro atoms. The average Bonchev–Trinajstić information content (AvgIpc) is 2.70. The van der Waals surface area contributed by atoms with Crippen molar-refractivity contribution in [1.82, 2.24) is 10.4 Å². The van der Waals surface area contributed by atoms with Crippen LogP contribution in [-0.2, 0) is 4.79 Å². The number of benzene rings is 1. The summed E-state index contributed by atoms with van der Waals surface area (Å²) in [5.74, 6) is 0.179. The minimum atomic E-state index is -0.505. The number of unbranched alkanes of at least 4 members (excludes halogenated alkanes) is 3. The molecule has 0 aliphatic heterocycles. The van der Waals surface area contributed by atoms with E-state index >= 15 is 0 Å². The van der Waals surface area contributed by atoms with Gasteiger partial charge in [0.2, 0.25) is 5.91 Å². The van der Waals surface area contributed by atoms with Crippen LogP contribution in [0.25, 0.3) is 0 Å². The topological polar surface area (TPSA) is 92.6 Å². The molecular weight excluding hydrogens is 358 g/mol. The lowest BCUT2D eigenvalue weighted by Crippen LogP contribution is -2.49. The molecule has 0 unspecified atom stereocenters. The van der Waals surface area contributed by atoms with Gasteiger partial charge >= 0.3 is 0 Å². The van der Waals surface area contributed by atoms with Crippen LogP contribution in [0.15, 0.2) is 24.3 Å². The summed E-state index contributed by atoms with van der Waals surface area (Å²) in [6.45, 7) is 4.83. The molecule has 0 heterocycles. The second-order valence-corrected chi connectivity index (χ2v) is 7.75. The number of hydrazine groups is 1. The Morgan fingerprint density at radius 3 is 2.32 bits per heavy atom. The highest BCUT2D eigenvalue weighted by molar-refractivity contribution is 5.95. The van der Waals surface area contributed by atoms with E-state index in [2.05, 4.69) is 19.3 Å². The van der Waals surface area contributed by atoms with Crippen LogP contribution in [0.4, 0.5) is 5.69 Å². The Kier molecular flexibility index (Phi) is 8.42. The largest absolute Gasteiger partial charge is 0.273 e. The molecule has 1 aliphatic rings. The number of hydrogen-bond donors (Lipinski definition) is 1. The van der Waals surface area contributed by atoms with E-state index in [-0.39, 0.29) is 17.5 Å². The SMILES string of the molecule is CCCCCCN(NC(=O)c1ccc([N+](=O)[O-])cc1)C(=O)C1CCC(C)CC1. The molecule has 2 amide bonds. The van der Waals surface area contributed by atoms with Crippen molar-refractivity contribution in [1.29, 1.82) is 0 Å². The maximum Gasteiger partial charge on any atom is 0.269 e. The van der Waals surface area contributed by atoms with E-state index < -0.39 is 10.8 Å². The van der Waals surface area contributed by atoms with Gasteiger partial charge in [0.25, 0.3) is 11.6 Å². The molecule has 1 aliphatic carbocycles. The fourth-order valence-corrected chi connectivity index (χ4v) is 3.57. The van der Waals surface area contributed by atoms with E-state index in [4.69, 9.17) is 0 Å². The van der Waals surface area contributed by atoms with E-state index in [1.165, 1.54) is 29.3 Å². The van der Waals surface area contributed by atoms with Gasteiger partial charge in [-0.05, 0) is 50.2 Å². The first-order chi connectivity index (χ1) is 13.4. The number of carbonyl (C=O) groups is 2. The smallest absolute Gasteiger partial charge is 0.269 e. The molecule has 0 atom stereocenters.